The number of aliphatic hydroxyl groups is 1. The van der Waals surface area contributed by atoms with Crippen LogP contribution >= 0.6 is 0 Å². The summed E-state index contributed by atoms with van der Waals surface area (Å²) in [6, 6.07) is 0.411. The minimum absolute atomic E-state index is 0.0829. The molecule has 0 spiro atoms. The fourth-order valence-electron chi connectivity index (χ4n) is 5.16. The fraction of sp³-hybridized carbons (Fsp3) is 0.939. The molecule has 0 bridgehead atoms. The predicted molar refractivity (Wildman–Crippen MR) is 167 cm³/mol. The summed E-state index contributed by atoms with van der Waals surface area (Å²) in [4.78, 5) is 27.1. The summed E-state index contributed by atoms with van der Waals surface area (Å²) in [6.45, 7) is 10.8. The van der Waals surface area contributed by atoms with Crippen LogP contribution in [0.25, 0.3) is 0 Å². The monoisotopic (exact) mass is 554 g/mol. The first-order valence-corrected chi connectivity index (χ1v) is 16.8. The molecular weight excluding hydrogens is 486 g/mol. The van der Waals surface area contributed by atoms with Gasteiger partial charge in [0.05, 0.1) is 0 Å². The molecular formula is C33H67N3O3. The van der Waals surface area contributed by atoms with Crippen molar-refractivity contribution in [2.75, 3.05) is 26.2 Å². The Labute approximate surface area is 242 Å². The summed E-state index contributed by atoms with van der Waals surface area (Å²) in [6.07, 6.45) is 24.4. The Bertz CT molecular complexity index is 514. The molecule has 0 aliphatic rings. The van der Waals surface area contributed by atoms with Gasteiger partial charge in [-0.25, -0.2) is 0 Å². The fourth-order valence-corrected chi connectivity index (χ4v) is 5.16. The zero-order valence-corrected chi connectivity index (χ0v) is 26.5. The van der Waals surface area contributed by atoms with E-state index in [1.165, 1.54) is 103 Å². The number of carbonyl (C=O) groups excluding carboxylic acids is 2. The first-order valence-electron chi connectivity index (χ1n) is 16.8. The quantitative estimate of drug-likeness (QED) is 0.0837. The number of aliphatic hydroxyl groups excluding tert-OH is 1. The molecule has 6 nitrogen and oxygen atoms in total. The minimum atomic E-state index is 0.0829. The lowest BCUT2D eigenvalue weighted by Crippen LogP contribution is -2.38. The molecule has 0 heterocycles. The number of rotatable bonds is 29. The minimum Gasteiger partial charge on any atom is -0.396 e. The van der Waals surface area contributed by atoms with Crippen LogP contribution in [0.5, 0.6) is 0 Å². The Kier molecular flexibility index (Phi) is 27.6. The molecule has 0 radical (unpaired) electrons. The highest BCUT2D eigenvalue weighted by atomic mass is 16.3. The highest BCUT2D eigenvalue weighted by molar-refractivity contribution is 5.77. The van der Waals surface area contributed by atoms with Crippen molar-refractivity contribution in [1.82, 2.24) is 15.5 Å². The maximum absolute atomic E-state index is 12.5. The van der Waals surface area contributed by atoms with E-state index in [0.717, 1.165) is 12.8 Å². The predicted octanol–water partition coefficient (Wildman–Crippen LogP) is 7.52. The lowest BCUT2D eigenvalue weighted by Gasteiger charge is -2.23. The molecule has 39 heavy (non-hydrogen) atoms. The van der Waals surface area contributed by atoms with Crippen LogP contribution in [0.15, 0.2) is 0 Å². The molecule has 0 aromatic rings. The molecule has 0 rings (SSSR count). The molecule has 2 amide bonds. The second-order valence-corrected chi connectivity index (χ2v) is 11.9. The number of carbonyl (C=O) groups is 2. The lowest BCUT2D eigenvalue weighted by atomic mass is 10.1. The number of hydrogen-bond acceptors (Lipinski definition) is 4. The highest BCUT2D eigenvalue weighted by Gasteiger charge is 2.13. The Balaban J connectivity index is 4.04. The average molecular weight is 554 g/mol. The van der Waals surface area contributed by atoms with Gasteiger partial charge in [0.15, 0.2) is 0 Å². The molecule has 0 aliphatic carbocycles. The zero-order chi connectivity index (χ0) is 29.0. The lowest BCUT2D eigenvalue weighted by molar-refractivity contribution is -0.122. The standard InChI is InChI=1S/C33H67N3O3/c1-5-7-9-11-13-15-17-19-22-30(3)34-32(38)24-27-36(26-21-29-37)28-25-33(39)35-31(4)23-20-18-16-14-12-10-8-6-2/h30-31,37H,5-29H2,1-4H3,(H,34,38)(H,35,39). The molecule has 6 heteroatoms. The molecule has 0 aromatic heterocycles. The van der Waals surface area contributed by atoms with Gasteiger partial charge in [-0.05, 0) is 33.1 Å². The van der Waals surface area contributed by atoms with E-state index in [-0.39, 0.29) is 30.5 Å². The Morgan fingerprint density at radius 2 is 0.923 bits per heavy atom. The summed E-state index contributed by atoms with van der Waals surface area (Å²) in [5.41, 5.74) is 0. The Morgan fingerprint density at radius 3 is 1.28 bits per heavy atom. The van der Waals surface area contributed by atoms with Gasteiger partial charge in [-0.15, -0.1) is 0 Å². The van der Waals surface area contributed by atoms with Crippen molar-refractivity contribution >= 4 is 11.8 Å². The van der Waals surface area contributed by atoms with Crippen LogP contribution in [0.3, 0.4) is 0 Å². The van der Waals surface area contributed by atoms with Crippen molar-refractivity contribution in [3.63, 3.8) is 0 Å². The van der Waals surface area contributed by atoms with Gasteiger partial charge in [0.2, 0.25) is 11.8 Å². The van der Waals surface area contributed by atoms with Crippen molar-refractivity contribution in [3.8, 4) is 0 Å². The van der Waals surface area contributed by atoms with Crippen LogP contribution in [0.1, 0.15) is 163 Å². The highest BCUT2D eigenvalue weighted by Crippen LogP contribution is 2.12. The SMILES string of the molecule is CCCCCCCCCCC(C)NC(=O)CCN(CCCO)CCC(=O)NC(C)CCCCCCCCCC. The molecule has 232 valence electrons. The van der Waals surface area contributed by atoms with E-state index in [1.54, 1.807) is 0 Å². The number of amides is 2. The van der Waals surface area contributed by atoms with Crippen LogP contribution < -0.4 is 10.6 Å². The molecule has 0 fully saturated rings. The first kappa shape index (κ1) is 37.9. The number of nitrogens with zero attached hydrogens (tertiary/aromatic N) is 1. The molecule has 2 atom stereocenters. The van der Waals surface area contributed by atoms with Crippen molar-refractivity contribution in [2.24, 2.45) is 0 Å². The van der Waals surface area contributed by atoms with Gasteiger partial charge < -0.3 is 20.6 Å². The first-order chi connectivity index (χ1) is 18.9. The van der Waals surface area contributed by atoms with Crippen molar-refractivity contribution < 1.29 is 14.7 Å². The molecule has 0 aromatic carbocycles. The maximum Gasteiger partial charge on any atom is 0.221 e. The maximum atomic E-state index is 12.5. The zero-order valence-electron chi connectivity index (χ0n) is 26.5. The van der Waals surface area contributed by atoms with Gasteiger partial charge in [-0.3, -0.25) is 9.59 Å². The van der Waals surface area contributed by atoms with Gasteiger partial charge in [0.1, 0.15) is 0 Å². The molecule has 0 saturated carbocycles. The summed E-state index contributed by atoms with van der Waals surface area (Å²) >= 11 is 0. The molecule has 0 saturated heterocycles. The molecule has 3 N–H and O–H groups in total. The summed E-state index contributed by atoms with van der Waals surface area (Å²) in [5, 5.41) is 15.6. The average Bonchev–Trinajstić information content (AvgIpc) is 2.91. The summed E-state index contributed by atoms with van der Waals surface area (Å²) in [7, 11) is 0. The number of nitrogens with one attached hydrogen (secondary N) is 2. The van der Waals surface area contributed by atoms with E-state index in [2.05, 4.69) is 43.2 Å². The van der Waals surface area contributed by atoms with E-state index in [9.17, 15) is 14.7 Å². The summed E-state index contributed by atoms with van der Waals surface area (Å²) < 4.78 is 0. The van der Waals surface area contributed by atoms with Gasteiger partial charge in [-0.1, -0.05) is 117 Å². The van der Waals surface area contributed by atoms with E-state index in [0.29, 0.717) is 38.9 Å². The van der Waals surface area contributed by atoms with Gasteiger partial charge in [0.25, 0.3) is 0 Å². The van der Waals surface area contributed by atoms with E-state index in [1.807, 2.05) is 0 Å². The molecule has 0 aliphatic heterocycles. The van der Waals surface area contributed by atoms with Crippen molar-refractivity contribution in [3.05, 3.63) is 0 Å². The third kappa shape index (κ3) is 26.8. The topological polar surface area (TPSA) is 81.7 Å². The largest absolute Gasteiger partial charge is 0.396 e. The van der Waals surface area contributed by atoms with Gasteiger partial charge in [0, 0.05) is 51.2 Å². The van der Waals surface area contributed by atoms with Crippen LogP contribution in [0.2, 0.25) is 0 Å². The Hall–Kier alpha value is -1.14. The van der Waals surface area contributed by atoms with Crippen molar-refractivity contribution in [1.29, 1.82) is 0 Å². The molecule has 2 unspecified atom stereocenters. The summed E-state index contributed by atoms with van der Waals surface area (Å²) in [5.74, 6) is 0.166. The second kappa shape index (κ2) is 28.4. The Morgan fingerprint density at radius 1 is 0.564 bits per heavy atom. The smallest absolute Gasteiger partial charge is 0.221 e. The number of unbranched alkanes of at least 4 members (excludes halogenated alkanes) is 14. The van der Waals surface area contributed by atoms with Crippen LogP contribution in [-0.4, -0.2) is 60.1 Å². The van der Waals surface area contributed by atoms with Crippen LogP contribution in [0, 0.1) is 0 Å². The number of hydrogen-bond donors (Lipinski definition) is 3. The van der Waals surface area contributed by atoms with E-state index >= 15 is 0 Å². The van der Waals surface area contributed by atoms with Crippen LogP contribution in [-0.2, 0) is 9.59 Å². The van der Waals surface area contributed by atoms with E-state index in [4.69, 9.17) is 0 Å². The van der Waals surface area contributed by atoms with E-state index < -0.39 is 0 Å². The van der Waals surface area contributed by atoms with Crippen LogP contribution in [0.4, 0.5) is 0 Å². The normalized spacial score (nSPS) is 13.0. The van der Waals surface area contributed by atoms with Gasteiger partial charge >= 0.3 is 0 Å². The van der Waals surface area contributed by atoms with Crippen molar-refractivity contribution in [2.45, 2.75) is 175 Å². The third-order valence-corrected chi connectivity index (χ3v) is 7.74. The third-order valence-electron chi connectivity index (χ3n) is 7.74. The van der Waals surface area contributed by atoms with Gasteiger partial charge in [-0.2, -0.15) is 0 Å². The second-order valence-electron chi connectivity index (χ2n) is 11.9.